The molecule has 3 aromatic rings. The summed E-state index contributed by atoms with van der Waals surface area (Å²) in [6.45, 7) is 5.67. The second-order valence-corrected chi connectivity index (χ2v) is 7.42. The van der Waals surface area contributed by atoms with Crippen LogP contribution in [0.2, 0.25) is 0 Å². The summed E-state index contributed by atoms with van der Waals surface area (Å²) in [4.78, 5) is 27.0. The fraction of sp³-hybridized carbons (Fsp3) is 0.278. The van der Waals surface area contributed by atoms with Gasteiger partial charge in [0.1, 0.15) is 22.2 Å². The van der Waals surface area contributed by atoms with Crippen molar-refractivity contribution in [2.75, 3.05) is 5.32 Å². The molecule has 9 heteroatoms. The number of hydrogen-bond acceptors (Lipinski definition) is 5. The van der Waals surface area contributed by atoms with E-state index in [2.05, 4.69) is 15.6 Å². The van der Waals surface area contributed by atoms with Crippen LogP contribution in [0.4, 0.5) is 14.2 Å². The molecule has 0 spiro atoms. The average molecular weight is 391 g/mol. The molecule has 0 bridgehead atoms. The van der Waals surface area contributed by atoms with Crippen molar-refractivity contribution in [1.29, 1.82) is 0 Å². The third kappa shape index (κ3) is 3.92. The number of hydrogen-bond donors (Lipinski definition) is 3. The van der Waals surface area contributed by atoms with Crippen LogP contribution in [-0.2, 0) is 0 Å². The van der Waals surface area contributed by atoms with E-state index in [1.165, 1.54) is 18.3 Å². The molecule has 1 atom stereocenters. The molecular formula is C18H18FN3O4S. The molecule has 27 heavy (non-hydrogen) atoms. The van der Waals surface area contributed by atoms with Gasteiger partial charge in [0.15, 0.2) is 0 Å². The lowest BCUT2D eigenvalue weighted by Gasteiger charge is -2.21. The fourth-order valence-electron chi connectivity index (χ4n) is 2.76. The number of carboxylic acid groups (broad SMARTS) is 1. The second-order valence-electron chi connectivity index (χ2n) is 6.39. The van der Waals surface area contributed by atoms with E-state index in [0.29, 0.717) is 21.7 Å². The maximum absolute atomic E-state index is 13.5. The number of benzene rings is 1. The normalized spacial score (nSPS) is 12.3. The Morgan fingerprint density at radius 2 is 2.07 bits per heavy atom. The van der Waals surface area contributed by atoms with Gasteiger partial charge in [0.05, 0.1) is 12.2 Å². The van der Waals surface area contributed by atoms with Gasteiger partial charge in [-0.05, 0) is 31.0 Å². The molecule has 1 aromatic carbocycles. The van der Waals surface area contributed by atoms with E-state index >= 15 is 0 Å². The lowest BCUT2D eigenvalue weighted by Crippen LogP contribution is -2.35. The largest absolute Gasteiger partial charge is 0.476 e. The number of aryl methyl sites for hydroxylation is 1. The number of carbonyl (C=O) groups is 2. The number of carboxylic acids is 1. The van der Waals surface area contributed by atoms with Crippen molar-refractivity contribution >= 4 is 39.3 Å². The van der Waals surface area contributed by atoms with E-state index in [-0.39, 0.29) is 16.7 Å². The predicted molar refractivity (Wildman–Crippen MR) is 99.7 cm³/mol. The molecule has 0 aliphatic carbocycles. The van der Waals surface area contributed by atoms with Gasteiger partial charge in [-0.1, -0.05) is 25.2 Å². The fourth-order valence-corrected chi connectivity index (χ4v) is 3.41. The Morgan fingerprint density at radius 3 is 2.70 bits per heavy atom. The Balaban J connectivity index is 1.82. The molecule has 142 valence electrons. The first-order chi connectivity index (χ1) is 12.8. The van der Waals surface area contributed by atoms with Gasteiger partial charge in [-0.25, -0.2) is 19.0 Å². The summed E-state index contributed by atoms with van der Waals surface area (Å²) in [5, 5.41) is 15.2. The topological polar surface area (TPSA) is 104 Å². The van der Waals surface area contributed by atoms with Gasteiger partial charge in [-0.2, -0.15) is 0 Å². The summed E-state index contributed by atoms with van der Waals surface area (Å²) >= 11 is 0.861. The third-order valence-electron chi connectivity index (χ3n) is 4.10. The van der Waals surface area contributed by atoms with Crippen LogP contribution in [0.1, 0.15) is 41.0 Å². The van der Waals surface area contributed by atoms with Gasteiger partial charge in [-0.15, -0.1) is 0 Å². The molecule has 0 fully saturated rings. The molecular weight excluding hydrogens is 373 g/mol. The van der Waals surface area contributed by atoms with E-state index in [1.807, 2.05) is 20.8 Å². The molecule has 0 saturated carbocycles. The minimum absolute atomic E-state index is 0.00380. The number of aromatic carboxylic acids is 1. The quantitative estimate of drug-likeness (QED) is 0.592. The van der Waals surface area contributed by atoms with Crippen molar-refractivity contribution in [3.8, 4) is 0 Å². The van der Waals surface area contributed by atoms with Crippen molar-refractivity contribution < 1.29 is 23.5 Å². The SMILES string of the molecule is Cc1c([C@@H](NC(=O)Nc2cnc(C(=O)O)s2)C(C)C)oc2ccc(F)cc12. The Kier molecular flexibility index (Phi) is 5.13. The highest BCUT2D eigenvalue weighted by atomic mass is 32.1. The van der Waals surface area contributed by atoms with E-state index in [0.717, 1.165) is 16.9 Å². The Bertz CT molecular complexity index is 1010. The van der Waals surface area contributed by atoms with Crippen LogP contribution < -0.4 is 10.6 Å². The highest BCUT2D eigenvalue weighted by Crippen LogP contribution is 2.33. The van der Waals surface area contributed by atoms with E-state index in [1.54, 1.807) is 6.07 Å². The molecule has 2 heterocycles. The highest BCUT2D eigenvalue weighted by Gasteiger charge is 2.25. The number of urea groups is 1. The van der Waals surface area contributed by atoms with Gasteiger partial charge in [-0.3, -0.25) is 5.32 Å². The van der Waals surface area contributed by atoms with E-state index < -0.39 is 18.0 Å². The minimum atomic E-state index is -1.15. The monoisotopic (exact) mass is 391 g/mol. The number of fused-ring (bicyclic) bond motifs is 1. The van der Waals surface area contributed by atoms with Crippen LogP contribution in [0.15, 0.2) is 28.8 Å². The summed E-state index contributed by atoms with van der Waals surface area (Å²) in [6.07, 6.45) is 1.29. The first-order valence-corrected chi connectivity index (χ1v) is 9.03. The number of carbonyl (C=O) groups excluding carboxylic acids is 1. The number of amides is 2. The van der Waals surface area contributed by atoms with Gasteiger partial charge >= 0.3 is 12.0 Å². The number of rotatable bonds is 5. The van der Waals surface area contributed by atoms with Gasteiger partial charge in [0, 0.05) is 10.9 Å². The zero-order valence-electron chi connectivity index (χ0n) is 14.9. The predicted octanol–water partition coefficient (Wildman–Crippen LogP) is 4.55. The first-order valence-electron chi connectivity index (χ1n) is 8.21. The number of aromatic nitrogens is 1. The van der Waals surface area contributed by atoms with Crippen molar-refractivity contribution in [2.24, 2.45) is 5.92 Å². The molecule has 0 radical (unpaired) electrons. The van der Waals surface area contributed by atoms with Gasteiger partial charge in [0.2, 0.25) is 5.01 Å². The molecule has 0 aliphatic rings. The van der Waals surface area contributed by atoms with Gasteiger partial charge in [0.25, 0.3) is 0 Å². The molecule has 2 aromatic heterocycles. The first kappa shape index (κ1) is 18.8. The summed E-state index contributed by atoms with van der Waals surface area (Å²) in [7, 11) is 0. The highest BCUT2D eigenvalue weighted by molar-refractivity contribution is 7.17. The summed E-state index contributed by atoms with van der Waals surface area (Å²) in [5.41, 5.74) is 1.31. The molecule has 0 unspecified atom stereocenters. The second kappa shape index (κ2) is 7.36. The Hall–Kier alpha value is -2.94. The van der Waals surface area contributed by atoms with E-state index in [9.17, 15) is 14.0 Å². The van der Waals surface area contributed by atoms with Crippen molar-refractivity contribution in [3.63, 3.8) is 0 Å². The maximum Gasteiger partial charge on any atom is 0.365 e. The lowest BCUT2D eigenvalue weighted by atomic mass is 9.98. The molecule has 7 nitrogen and oxygen atoms in total. The molecule has 3 rings (SSSR count). The van der Waals surface area contributed by atoms with Crippen LogP contribution in [0.3, 0.4) is 0 Å². The van der Waals surface area contributed by atoms with Gasteiger partial charge < -0.3 is 14.8 Å². The number of anilines is 1. The number of nitrogens with one attached hydrogen (secondary N) is 2. The zero-order chi connectivity index (χ0) is 19.7. The van der Waals surface area contributed by atoms with Crippen LogP contribution in [0, 0.1) is 18.7 Å². The smallest absolute Gasteiger partial charge is 0.365 e. The molecule has 2 amide bonds. The summed E-state index contributed by atoms with van der Waals surface area (Å²) in [5.74, 6) is -0.963. The Labute approximate surface area is 158 Å². The number of thiazole rings is 1. The van der Waals surface area contributed by atoms with Crippen molar-refractivity contribution in [1.82, 2.24) is 10.3 Å². The van der Waals surface area contributed by atoms with Crippen molar-refractivity contribution in [3.05, 3.63) is 46.5 Å². The number of halogens is 1. The third-order valence-corrected chi connectivity index (χ3v) is 5.00. The average Bonchev–Trinajstić information content (AvgIpc) is 3.18. The maximum atomic E-state index is 13.5. The number of furan rings is 1. The van der Waals surface area contributed by atoms with E-state index in [4.69, 9.17) is 9.52 Å². The lowest BCUT2D eigenvalue weighted by molar-refractivity contribution is 0.0696. The van der Waals surface area contributed by atoms with Crippen LogP contribution >= 0.6 is 11.3 Å². The van der Waals surface area contributed by atoms with Crippen LogP contribution in [0.5, 0.6) is 0 Å². The standard InChI is InChI=1S/C18H18FN3O4S/c1-8(2)14(15-9(3)11-6-10(19)4-5-12(11)26-15)22-18(25)21-13-7-20-16(27-13)17(23)24/h4-8,14H,1-3H3,(H,23,24)(H2,21,22,25)/t14-/m0/s1. The molecule has 0 aliphatic heterocycles. The Morgan fingerprint density at radius 1 is 1.33 bits per heavy atom. The zero-order valence-corrected chi connectivity index (χ0v) is 15.7. The summed E-state index contributed by atoms with van der Waals surface area (Å²) in [6, 6.07) is 3.32. The summed E-state index contributed by atoms with van der Waals surface area (Å²) < 4.78 is 19.4. The van der Waals surface area contributed by atoms with Crippen LogP contribution in [0.25, 0.3) is 11.0 Å². The minimum Gasteiger partial charge on any atom is -0.476 e. The number of nitrogens with zero attached hydrogens (tertiary/aromatic N) is 1. The molecule has 0 saturated heterocycles. The molecule has 3 N–H and O–H groups in total. The van der Waals surface area contributed by atoms with Crippen molar-refractivity contribution in [2.45, 2.75) is 26.8 Å². The van der Waals surface area contributed by atoms with Crippen LogP contribution in [-0.4, -0.2) is 22.1 Å².